The molecule has 8 heteroatoms. The lowest BCUT2D eigenvalue weighted by molar-refractivity contribution is 0.584. The van der Waals surface area contributed by atoms with Crippen LogP contribution in [0.4, 0.5) is 0 Å². The Morgan fingerprint density at radius 3 is 2.52 bits per heavy atom. The van der Waals surface area contributed by atoms with E-state index < -0.39 is 10.0 Å². The predicted octanol–water partition coefficient (Wildman–Crippen LogP) is 3.13. The Bertz CT molecular complexity index is 566. The van der Waals surface area contributed by atoms with Gasteiger partial charge in [0.15, 0.2) is 0 Å². The van der Waals surface area contributed by atoms with Crippen LogP contribution in [0.5, 0.6) is 0 Å². The zero-order valence-corrected chi connectivity index (χ0v) is 15.2. The van der Waals surface area contributed by atoms with E-state index >= 15 is 0 Å². The van der Waals surface area contributed by atoms with Crippen molar-refractivity contribution in [1.82, 2.24) is 10.0 Å². The molecule has 0 amide bonds. The van der Waals surface area contributed by atoms with Crippen molar-refractivity contribution in [2.24, 2.45) is 0 Å². The minimum Gasteiger partial charge on any atom is -0.313 e. The maximum atomic E-state index is 12.3. The Labute approximate surface area is 141 Å². The fraction of sp³-hybridized carbons (Fsp3) is 0.538. The van der Waals surface area contributed by atoms with E-state index in [-0.39, 0.29) is 9.92 Å². The molecule has 0 radical (unpaired) electrons. The molecule has 2 N–H and O–H groups in total. The molecule has 0 bridgehead atoms. The average molecular weight is 371 g/mol. The van der Waals surface area contributed by atoms with E-state index in [0.717, 1.165) is 18.5 Å². The predicted molar refractivity (Wildman–Crippen MR) is 92.0 cm³/mol. The van der Waals surface area contributed by atoms with Crippen molar-refractivity contribution in [2.45, 2.75) is 24.8 Å². The largest absolute Gasteiger partial charge is 0.313 e. The summed E-state index contributed by atoms with van der Waals surface area (Å²) < 4.78 is 27.0. The molecule has 0 saturated carbocycles. The molecule has 4 nitrogen and oxygen atoms in total. The number of sulfonamides is 1. The van der Waals surface area contributed by atoms with Gasteiger partial charge >= 0.3 is 0 Å². The highest BCUT2D eigenvalue weighted by atomic mass is 35.5. The van der Waals surface area contributed by atoms with Crippen LogP contribution in [-0.4, -0.2) is 33.5 Å². The van der Waals surface area contributed by atoms with Gasteiger partial charge in [-0.05, 0) is 36.9 Å². The molecule has 0 aliphatic heterocycles. The van der Waals surface area contributed by atoms with Crippen LogP contribution in [0.1, 0.15) is 18.9 Å². The van der Waals surface area contributed by atoms with Crippen LogP contribution >= 0.6 is 35.0 Å². The van der Waals surface area contributed by atoms with Crippen molar-refractivity contribution in [3.63, 3.8) is 0 Å². The fourth-order valence-corrected chi connectivity index (χ4v) is 4.00. The molecule has 1 aromatic carbocycles. The third-order valence-corrected chi connectivity index (χ3v) is 5.62. The van der Waals surface area contributed by atoms with Gasteiger partial charge in [0, 0.05) is 23.9 Å². The third kappa shape index (κ3) is 5.96. The minimum absolute atomic E-state index is 0.0722. The van der Waals surface area contributed by atoms with Gasteiger partial charge in [-0.3, -0.25) is 0 Å². The zero-order valence-electron chi connectivity index (χ0n) is 12.1. The second-order valence-corrected chi connectivity index (χ2v) is 7.98. The van der Waals surface area contributed by atoms with Crippen LogP contribution in [0.3, 0.4) is 0 Å². The molecule has 0 spiro atoms. The van der Waals surface area contributed by atoms with E-state index in [1.54, 1.807) is 11.8 Å². The summed E-state index contributed by atoms with van der Waals surface area (Å²) in [5.74, 6) is 0.704. The highest BCUT2D eigenvalue weighted by molar-refractivity contribution is 7.98. The quantitative estimate of drug-likeness (QED) is 0.655. The molecular weight excluding hydrogens is 351 g/mol. The van der Waals surface area contributed by atoms with E-state index in [4.69, 9.17) is 23.2 Å². The molecule has 0 aliphatic rings. The first-order chi connectivity index (χ1) is 9.92. The van der Waals surface area contributed by atoms with Crippen LogP contribution in [0, 0.1) is 0 Å². The summed E-state index contributed by atoms with van der Waals surface area (Å²) >= 11 is 13.7. The van der Waals surface area contributed by atoms with Crippen LogP contribution in [0.25, 0.3) is 0 Å². The minimum atomic E-state index is -3.61. The Morgan fingerprint density at radius 1 is 1.19 bits per heavy atom. The van der Waals surface area contributed by atoms with Crippen LogP contribution in [0.2, 0.25) is 10.0 Å². The van der Waals surface area contributed by atoms with Gasteiger partial charge in [0.25, 0.3) is 0 Å². The van der Waals surface area contributed by atoms with Gasteiger partial charge in [-0.15, -0.1) is 0 Å². The number of benzene rings is 1. The molecule has 120 valence electrons. The molecule has 0 saturated heterocycles. The van der Waals surface area contributed by atoms with Crippen molar-refractivity contribution in [3.8, 4) is 0 Å². The molecule has 0 aromatic heterocycles. The highest BCUT2D eigenvalue weighted by Gasteiger charge is 2.19. The first-order valence-corrected chi connectivity index (χ1v) is 10.2. The summed E-state index contributed by atoms with van der Waals surface area (Å²) in [6.07, 6.45) is 2.91. The molecule has 1 aromatic rings. The maximum absolute atomic E-state index is 12.3. The Hall–Kier alpha value is 0.0200. The average Bonchev–Trinajstić information content (AvgIpc) is 2.41. The lowest BCUT2D eigenvalue weighted by Gasteiger charge is -2.12. The van der Waals surface area contributed by atoms with Crippen molar-refractivity contribution < 1.29 is 8.42 Å². The number of thioether (sulfide) groups is 1. The summed E-state index contributed by atoms with van der Waals surface area (Å²) in [7, 11) is -3.61. The second-order valence-electron chi connectivity index (χ2n) is 4.44. The van der Waals surface area contributed by atoms with Gasteiger partial charge in [-0.1, -0.05) is 30.1 Å². The Kier molecular flexibility index (Phi) is 8.38. The summed E-state index contributed by atoms with van der Waals surface area (Å²) in [5, 5.41) is 3.80. The zero-order chi connectivity index (χ0) is 15.9. The van der Waals surface area contributed by atoms with Gasteiger partial charge in [0.05, 0.1) is 5.02 Å². The van der Waals surface area contributed by atoms with Crippen LogP contribution in [0.15, 0.2) is 17.0 Å². The summed E-state index contributed by atoms with van der Waals surface area (Å²) in [5.41, 5.74) is 0.722. The molecule has 0 aliphatic carbocycles. The van der Waals surface area contributed by atoms with E-state index in [9.17, 15) is 8.42 Å². The second kappa shape index (κ2) is 9.22. The summed E-state index contributed by atoms with van der Waals surface area (Å²) in [4.78, 5) is 0.0722. The van der Waals surface area contributed by atoms with Crippen molar-refractivity contribution in [2.75, 3.05) is 25.1 Å². The molecule has 21 heavy (non-hydrogen) atoms. The van der Waals surface area contributed by atoms with Crippen molar-refractivity contribution in [1.29, 1.82) is 0 Å². The van der Waals surface area contributed by atoms with E-state index in [2.05, 4.69) is 17.0 Å². The van der Waals surface area contributed by atoms with Gasteiger partial charge in [-0.25, -0.2) is 13.1 Å². The van der Waals surface area contributed by atoms with E-state index in [1.165, 1.54) is 12.1 Å². The van der Waals surface area contributed by atoms with Gasteiger partial charge < -0.3 is 5.32 Å². The molecule has 0 fully saturated rings. The Balaban J connectivity index is 2.97. The Morgan fingerprint density at radius 2 is 1.90 bits per heavy atom. The molecule has 0 heterocycles. The van der Waals surface area contributed by atoms with Gasteiger partial charge in [0.1, 0.15) is 4.90 Å². The van der Waals surface area contributed by atoms with Gasteiger partial charge in [0.2, 0.25) is 10.0 Å². The lowest BCUT2D eigenvalue weighted by atomic mass is 10.2. The highest BCUT2D eigenvalue weighted by Crippen LogP contribution is 2.28. The fourth-order valence-electron chi connectivity index (χ4n) is 1.67. The molecular formula is C13H20Cl2N2O2S2. The third-order valence-electron chi connectivity index (χ3n) is 2.73. The molecule has 1 rings (SSSR count). The van der Waals surface area contributed by atoms with E-state index in [0.29, 0.717) is 23.9 Å². The van der Waals surface area contributed by atoms with Crippen LogP contribution in [-0.2, 0) is 16.6 Å². The first kappa shape index (κ1) is 19.1. The van der Waals surface area contributed by atoms with Crippen LogP contribution < -0.4 is 10.0 Å². The number of hydrogen-bond donors (Lipinski definition) is 2. The number of nitrogens with one attached hydrogen (secondary N) is 2. The number of rotatable bonds is 9. The SMILES string of the molecule is CCCNCc1cc(S(=O)(=O)NCCSC)c(Cl)cc1Cl. The smallest absolute Gasteiger partial charge is 0.242 e. The topological polar surface area (TPSA) is 58.2 Å². The first-order valence-electron chi connectivity index (χ1n) is 6.59. The molecule has 0 unspecified atom stereocenters. The van der Waals surface area contributed by atoms with Crippen molar-refractivity contribution in [3.05, 3.63) is 27.7 Å². The summed E-state index contributed by atoms with van der Waals surface area (Å²) in [6, 6.07) is 3.02. The number of hydrogen-bond acceptors (Lipinski definition) is 4. The van der Waals surface area contributed by atoms with Gasteiger partial charge in [-0.2, -0.15) is 11.8 Å². The molecule has 0 atom stereocenters. The normalized spacial score (nSPS) is 11.8. The number of halogens is 2. The summed E-state index contributed by atoms with van der Waals surface area (Å²) in [6.45, 7) is 3.78. The maximum Gasteiger partial charge on any atom is 0.242 e. The van der Waals surface area contributed by atoms with Crippen molar-refractivity contribution >= 4 is 45.0 Å². The monoisotopic (exact) mass is 370 g/mol. The standard InChI is InChI=1S/C13H20Cl2N2O2S2/c1-3-4-16-9-10-7-13(12(15)8-11(10)14)21(18,19)17-5-6-20-2/h7-8,16-17H,3-6,9H2,1-2H3. The lowest BCUT2D eigenvalue weighted by Crippen LogP contribution is -2.26. The van der Waals surface area contributed by atoms with E-state index in [1.807, 2.05) is 6.26 Å².